The molecular formula is C29H39N7O8. The Morgan fingerprint density at radius 1 is 0.727 bits per heavy atom. The predicted octanol–water partition coefficient (Wildman–Crippen LogP) is -1.04. The molecule has 0 saturated heterocycles. The molecule has 4 atom stereocenters. The highest BCUT2D eigenvalue weighted by Crippen LogP contribution is 2.12. The normalized spacial score (nSPS) is 13.4. The van der Waals surface area contributed by atoms with E-state index >= 15 is 0 Å². The number of aliphatic imine (C=N–C) groups is 1. The van der Waals surface area contributed by atoms with E-state index in [0.29, 0.717) is 17.5 Å². The van der Waals surface area contributed by atoms with E-state index in [0.717, 1.165) is 0 Å². The van der Waals surface area contributed by atoms with Gasteiger partial charge in [-0.15, -0.1) is 0 Å². The molecule has 2 aromatic carbocycles. The zero-order chi connectivity index (χ0) is 32.6. The molecule has 0 aromatic heterocycles. The third-order valence-corrected chi connectivity index (χ3v) is 6.49. The summed E-state index contributed by atoms with van der Waals surface area (Å²) in [5, 5.41) is 35.9. The number of rotatable bonds is 18. The predicted molar refractivity (Wildman–Crippen MR) is 160 cm³/mol. The zero-order valence-corrected chi connectivity index (χ0v) is 24.0. The van der Waals surface area contributed by atoms with Gasteiger partial charge in [-0.1, -0.05) is 42.5 Å². The van der Waals surface area contributed by atoms with Crippen molar-refractivity contribution in [3.63, 3.8) is 0 Å². The number of hydrogen-bond acceptors (Lipinski definition) is 8. The Hall–Kier alpha value is -5.18. The van der Waals surface area contributed by atoms with Crippen molar-refractivity contribution in [2.75, 3.05) is 6.54 Å². The van der Waals surface area contributed by atoms with E-state index in [1.54, 1.807) is 30.3 Å². The second kappa shape index (κ2) is 17.7. The molecule has 0 bridgehead atoms. The fourth-order valence-corrected chi connectivity index (χ4v) is 4.14. The molecular weight excluding hydrogens is 574 g/mol. The van der Waals surface area contributed by atoms with Gasteiger partial charge in [0.1, 0.15) is 23.9 Å². The van der Waals surface area contributed by atoms with E-state index in [1.807, 2.05) is 0 Å². The molecule has 0 fully saturated rings. The van der Waals surface area contributed by atoms with Crippen LogP contribution in [0, 0.1) is 0 Å². The summed E-state index contributed by atoms with van der Waals surface area (Å²) in [6.45, 7) is 0.229. The molecule has 0 spiro atoms. The van der Waals surface area contributed by atoms with Gasteiger partial charge in [0.25, 0.3) is 0 Å². The molecule has 0 radical (unpaired) electrons. The molecule has 44 heavy (non-hydrogen) atoms. The van der Waals surface area contributed by atoms with Gasteiger partial charge >= 0.3 is 11.9 Å². The number of phenolic OH excluding ortho intramolecular Hbond substituents is 1. The number of aromatic hydroxyl groups is 1. The van der Waals surface area contributed by atoms with Crippen molar-refractivity contribution in [2.45, 2.75) is 62.7 Å². The Bertz CT molecular complexity index is 1300. The molecule has 15 nitrogen and oxygen atoms in total. The molecule has 0 aliphatic rings. The van der Waals surface area contributed by atoms with E-state index in [1.165, 1.54) is 24.3 Å². The van der Waals surface area contributed by atoms with Gasteiger partial charge in [-0.05, 0) is 42.5 Å². The van der Waals surface area contributed by atoms with Crippen LogP contribution in [0.4, 0.5) is 0 Å². The highest BCUT2D eigenvalue weighted by atomic mass is 16.4. The Kier molecular flexibility index (Phi) is 14.1. The lowest BCUT2D eigenvalue weighted by molar-refractivity contribution is -0.142. The van der Waals surface area contributed by atoms with Crippen LogP contribution in [-0.2, 0) is 36.8 Å². The minimum absolute atomic E-state index is 0.00765. The number of nitrogens with two attached hydrogens (primary N) is 3. The third kappa shape index (κ3) is 12.8. The SMILES string of the molecule is NC(N)=NCCCC(N)C(=O)NC(CCC(=O)O)C(=O)NC(Cc1ccccc1)C(=O)NC(Cc1ccc(O)cc1)C(=O)O. The van der Waals surface area contributed by atoms with E-state index in [9.17, 15) is 39.3 Å². The fraction of sp³-hybridized carbons (Fsp3) is 0.379. The lowest BCUT2D eigenvalue weighted by Crippen LogP contribution is -2.57. The minimum Gasteiger partial charge on any atom is -0.508 e. The number of aliphatic carboxylic acids is 2. The van der Waals surface area contributed by atoms with Gasteiger partial charge in [-0.2, -0.15) is 0 Å². The third-order valence-electron chi connectivity index (χ3n) is 6.49. The van der Waals surface area contributed by atoms with Crippen molar-refractivity contribution in [1.82, 2.24) is 16.0 Å². The summed E-state index contributed by atoms with van der Waals surface area (Å²) < 4.78 is 0. The van der Waals surface area contributed by atoms with Gasteiger partial charge in [-0.25, -0.2) is 4.79 Å². The van der Waals surface area contributed by atoms with Crippen LogP contribution in [0.5, 0.6) is 5.75 Å². The monoisotopic (exact) mass is 613 g/mol. The number of benzene rings is 2. The maximum absolute atomic E-state index is 13.4. The Balaban J connectivity index is 2.21. The first-order chi connectivity index (χ1) is 20.8. The lowest BCUT2D eigenvalue weighted by Gasteiger charge is -2.25. The molecule has 4 unspecified atom stereocenters. The number of phenols is 1. The number of carboxylic acid groups (broad SMARTS) is 2. The maximum atomic E-state index is 13.4. The molecule has 2 rings (SSSR count). The van der Waals surface area contributed by atoms with Crippen molar-refractivity contribution in [3.05, 3.63) is 65.7 Å². The molecule has 12 N–H and O–H groups in total. The van der Waals surface area contributed by atoms with Gasteiger partial charge in [-0.3, -0.25) is 24.2 Å². The summed E-state index contributed by atoms with van der Waals surface area (Å²) >= 11 is 0. The summed E-state index contributed by atoms with van der Waals surface area (Å²) in [5.41, 5.74) is 17.7. The number of carbonyl (C=O) groups is 5. The standard InChI is InChI=1S/C29H39N7O8/c30-20(7-4-14-33-29(31)32)25(40)34-21(12-13-24(38)39)26(41)35-22(15-17-5-2-1-3-6-17)27(42)36-23(28(43)44)16-18-8-10-19(37)11-9-18/h1-3,5-6,8-11,20-23,37H,4,7,12-16,30H2,(H,34,40)(H,35,41)(H,36,42)(H,38,39)(H,43,44)(H4,31,32,33). The van der Waals surface area contributed by atoms with Crippen LogP contribution < -0.4 is 33.2 Å². The van der Waals surface area contributed by atoms with Gasteiger partial charge in [0.2, 0.25) is 17.7 Å². The van der Waals surface area contributed by atoms with Crippen molar-refractivity contribution in [2.24, 2.45) is 22.2 Å². The quantitative estimate of drug-likeness (QED) is 0.0556. The molecule has 3 amide bonds. The van der Waals surface area contributed by atoms with Crippen molar-refractivity contribution >= 4 is 35.6 Å². The van der Waals surface area contributed by atoms with Crippen LogP contribution in [0.25, 0.3) is 0 Å². The average molecular weight is 614 g/mol. The summed E-state index contributed by atoms with van der Waals surface area (Å²) in [5.74, 6) is -5.04. The van der Waals surface area contributed by atoms with Gasteiger partial charge < -0.3 is 48.5 Å². The van der Waals surface area contributed by atoms with Crippen molar-refractivity contribution in [1.29, 1.82) is 0 Å². The summed E-state index contributed by atoms with van der Waals surface area (Å²) in [4.78, 5) is 66.6. The van der Waals surface area contributed by atoms with Crippen LogP contribution in [0.15, 0.2) is 59.6 Å². The molecule has 238 valence electrons. The van der Waals surface area contributed by atoms with Crippen LogP contribution >= 0.6 is 0 Å². The highest BCUT2D eigenvalue weighted by molar-refractivity contribution is 5.94. The molecule has 2 aromatic rings. The first kappa shape index (κ1) is 35.0. The van der Waals surface area contributed by atoms with Crippen LogP contribution in [0.3, 0.4) is 0 Å². The number of hydrogen-bond donors (Lipinski definition) is 9. The smallest absolute Gasteiger partial charge is 0.326 e. The molecule has 0 aliphatic heterocycles. The molecule has 15 heteroatoms. The van der Waals surface area contributed by atoms with E-state index in [4.69, 9.17) is 17.2 Å². The summed E-state index contributed by atoms with van der Waals surface area (Å²) in [7, 11) is 0. The summed E-state index contributed by atoms with van der Waals surface area (Å²) in [6.07, 6.45) is -0.369. The van der Waals surface area contributed by atoms with E-state index < -0.39 is 60.2 Å². The number of amides is 3. The largest absolute Gasteiger partial charge is 0.508 e. The Labute approximate surface area is 253 Å². The average Bonchev–Trinajstić information content (AvgIpc) is 2.97. The Morgan fingerprint density at radius 2 is 1.27 bits per heavy atom. The number of nitrogens with zero attached hydrogens (tertiary/aromatic N) is 1. The van der Waals surface area contributed by atoms with Gasteiger partial charge in [0, 0.05) is 25.8 Å². The number of carboxylic acids is 2. The summed E-state index contributed by atoms with van der Waals surface area (Å²) in [6, 6.07) is 9.35. The maximum Gasteiger partial charge on any atom is 0.326 e. The van der Waals surface area contributed by atoms with Gasteiger partial charge in [0.05, 0.1) is 6.04 Å². The fourth-order valence-electron chi connectivity index (χ4n) is 4.14. The first-order valence-corrected chi connectivity index (χ1v) is 13.8. The number of nitrogens with one attached hydrogen (secondary N) is 3. The topological polar surface area (TPSA) is 273 Å². The Morgan fingerprint density at radius 3 is 1.86 bits per heavy atom. The second-order valence-corrected chi connectivity index (χ2v) is 10.1. The zero-order valence-electron chi connectivity index (χ0n) is 24.0. The first-order valence-electron chi connectivity index (χ1n) is 13.8. The number of guanidine groups is 1. The van der Waals surface area contributed by atoms with Crippen LogP contribution in [0.1, 0.15) is 36.8 Å². The highest BCUT2D eigenvalue weighted by Gasteiger charge is 2.31. The van der Waals surface area contributed by atoms with Crippen molar-refractivity contribution < 1.29 is 39.3 Å². The van der Waals surface area contributed by atoms with Gasteiger partial charge in [0.15, 0.2) is 5.96 Å². The second-order valence-electron chi connectivity index (χ2n) is 10.1. The van der Waals surface area contributed by atoms with Crippen LogP contribution in [-0.4, -0.2) is 81.7 Å². The molecule has 0 aliphatic carbocycles. The van der Waals surface area contributed by atoms with E-state index in [-0.39, 0.29) is 43.9 Å². The van der Waals surface area contributed by atoms with Crippen LogP contribution in [0.2, 0.25) is 0 Å². The number of carbonyl (C=O) groups excluding carboxylic acids is 3. The van der Waals surface area contributed by atoms with E-state index in [2.05, 4.69) is 20.9 Å². The molecule has 0 saturated carbocycles. The minimum atomic E-state index is -1.37. The molecule has 0 heterocycles. The lowest BCUT2D eigenvalue weighted by atomic mass is 10.0. The van der Waals surface area contributed by atoms with Crippen molar-refractivity contribution in [3.8, 4) is 5.75 Å².